The Morgan fingerprint density at radius 1 is 1.43 bits per heavy atom. The van der Waals surface area contributed by atoms with Crippen LogP contribution in [0.2, 0.25) is 0 Å². The second-order valence-electron chi connectivity index (χ2n) is 4.44. The largest absolute Gasteiger partial charge is 0.396 e. The molecule has 82 valence electrons. The lowest BCUT2D eigenvalue weighted by atomic mass is 9.82. The molecule has 2 aliphatic rings. The Bertz CT molecular complexity index is 241. The van der Waals surface area contributed by atoms with E-state index in [1.807, 2.05) is 0 Å². The molecule has 14 heavy (non-hydrogen) atoms. The van der Waals surface area contributed by atoms with Crippen molar-refractivity contribution < 1.29 is 25.2 Å². The SMILES string of the molecule is C[C@]1(O)[C@@H]2OCC[C@@](O)([C@@H]2O)[C@@H]1CO. The molecule has 0 aromatic carbocycles. The van der Waals surface area contributed by atoms with Crippen molar-refractivity contribution in [3.05, 3.63) is 0 Å². The van der Waals surface area contributed by atoms with Crippen molar-refractivity contribution in [2.45, 2.75) is 36.8 Å². The summed E-state index contributed by atoms with van der Waals surface area (Å²) in [7, 11) is 0. The standard InChI is InChI=1S/C9H16O5/c1-8(12)5(4-10)9(13)2-3-14-7(8)6(9)11/h5-7,10-13H,2-4H2,1H3/t5-,6-,7-,8-,9+/m1/s1. The number of fused-ring (bicyclic) bond motifs is 2. The van der Waals surface area contributed by atoms with E-state index in [0.29, 0.717) is 6.61 Å². The first-order chi connectivity index (χ1) is 6.44. The third-order valence-corrected chi connectivity index (χ3v) is 3.67. The van der Waals surface area contributed by atoms with Crippen LogP contribution in [-0.2, 0) is 4.74 Å². The summed E-state index contributed by atoms with van der Waals surface area (Å²) in [5.41, 5.74) is -2.79. The number of rotatable bonds is 1. The lowest BCUT2D eigenvalue weighted by Crippen LogP contribution is -2.51. The molecule has 0 radical (unpaired) electrons. The second kappa shape index (κ2) is 2.90. The molecule has 2 fully saturated rings. The van der Waals surface area contributed by atoms with Crippen LogP contribution in [0.15, 0.2) is 0 Å². The van der Waals surface area contributed by atoms with Gasteiger partial charge < -0.3 is 25.2 Å². The van der Waals surface area contributed by atoms with Crippen LogP contribution in [0.3, 0.4) is 0 Å². The first-order valence-electron chi connectivity index (χ1n) is 4.80. The Hall–Kier alpha value is -0.200. The van der Waals surface area contributed by atoms with Crippen LogP contribution < -0.4 is 0 Å². The predicted octanol–water partition coefficient (Wildman–Crippen LogP) is -1.76. The zero-order valence-electron chi connectivity index (χ0n) is 8.05. The Kier molecular flexibility index (Phi) is 2.14. The van der Waals surface area contributed by atoms with Crippen molar-refractivity contribution in [2.75, 3.05) is 13.2 Å². The second-order valence-corrected chi connectivity index (χ2v) is 4.44. The van der Waals surface area contributed by atoms with E-state index in [0.717, 1.165) is 0 Å². The molecular formula is C9H16O5. The van der Waals surface area contributed by atoms with Gasteiger partial charge in [0.1, 0.15) is 17.8 Å². The summed E-state index contributed by atoms with van der Waals surface area (Å²) >= 11 is 0. The smallest absolute Gasteiger partial charge is 0.115 e. The van der Waals surface area contributed by atoms with Crippen LogP contribution in [0.5, 0.6) is 0 Å². The highest BCUT2D eigenvalue weighted by Gasteiger charge is 2.67. The van der Waals surface area contributed by atoms with Gasteiger partial charge in [-0.05, 0) is 6.92 Å². The molecule has 0 aromatic heterocycles. The van der Waals surface area contributed by atoms with Crippen LogP contribution in [0, 0.1) is 5.92 Å². The summed E-state index contributed by atoms with van der Waals surface area (Å²) in [6, 6.07) is 0. The molecule has 1 aliphatic carbocycles. The minimum Gasteiger partial charge on any atom is -0.396 e. The maximum atomic E-state index is 10.1. The monoisotopic (exact) mass is 204 g/mol. The maximum absolute atomic E-state index is 10.1. The molecule has 1 saturated carbocycles. The molecule has 4 N–H and O–H groups in total. The van der Waals surface area contributed by atoms with E-state index < -0.39 is 29.3 Å². The van der Waals surface area contributed by atoms with Crippen molar-refractivity contribution in [3.63, 3.8) is 0 Å². The average Bonchev–Trinajstić information content (AvgIpc) is 2.18. The van der Waals surface area contributed by atoms with Gasteiger partial charge in [-0.2, -0.15) is 0 Å². The summed E-state index contributed by atoms with van der Waals surface area (Å²) in [6.07, 6.45) is -1.69. The molecule has 2 rings (SSSR count). The van der Waals surface area contributed by atoms with Gasteiger partial charge in [0, 0.05) is 12.3 Å². The van der Waals surface area contributed by atoms with Crippen LogP contribution in [0.25, 0.3) is 0 Å². The van der Waals surface area contributed by atoms with Gasteiger partial charge in [-0.25, -0.2) is 0 Å². The highest BCUT2D eigenvalue weighted by atomic mass is 16.5. The molecule has 5 nitrogen and oxygen atoms in total. The van der Waals surface area contributed by atoms with E-state index in [9.17, 15) is 15.3 Å². The van der Waals surface area contributed by atoms with Crippen LogP contribution >= 0.6 is 0 Å². The van der Waals surface area contributed by atoms with Crippen molar-refractivity contribution in [1.29, 1.82) is 0 Å². The molecule has 5 atom stereocenters. The first kappa shape index (κ1) is 10.3. The number of hydrogen-bond acceptors (Lipinski definition) is 5. The zero-order valence-corrected chi connectivity index (χ0v) is 8.05. The Morgan fingerprint density at radius 3 is 2.57 bits per heavy atom. The minimum atomic E-state index is -1.42. The molecule has 0 amide bonds. The quantitative estimate of drug-likeness (QED) is 0.406. The van der Waals surface area contributed by atoms with Gasteiger partial charge in [-0.1, -0.05) is 0 Å². The molecule has 1 aliphatic heterocycles. The lowest BCUT2D eigenvalue weighted by molar-refractivity contribution is -0.170. The summed E-state index contributed by atoms with van der Waals surface area (Å²) in [5.74, 6) is -0.752. The van der Waals surface area contributed by atoms with E-state index in [1.54, 1.807) is 0 Å². The Labute approximate surface area is 81.9 Å². The van der Waals surface area contributed by atoms with Crippen molar-refractivity contribution in [2.24, 2.45) is 5.92 Å². The van der Waals surface area contributed by atoms with Gasteiger partial charge in [0.25, 0.3) is 0 Å². The summed E-state index contributed by atoms with van der Waals surface area (Å²) in [6.45, 7) is 1.41. The predicted molar refractivity (Wildman–Crippen MR) is 46.5 cm³/mol. The van der Waals surface area contributed by atoms with Gasteiger partial charge in [0.2, 0.25) is 0 Å². The summed E-state index contributed by atoms with van der Waals surface area (Å²) in [5, 5.41) is 39.1. The van der Waals surface area contributed by atoms with Crippen LogP contribution in [0.4, 0.5) is 0 Å². The van der Waals surface area contributed by atoms with Crippen molar-refractivity contribution in [3.8, 4) is 0 Å². The molecule has 2 bridgehead atoms. The summed E-state index contributed by atoms with van der Waals surface area (Å²) in [4.78, 5) is 0. The van der Waals surface area contributed by atoms with Gasteiger partial charge in [-0.15, -0.1) is 0 Å². The average molecular weight is 204 g/mol. The third kappa shape index (κ3) is 1.02. The van der Waals surface area contributed by atoms with Gasteiger partial charge in [0.05, 0.1) is 18.8 Å². The molecule has 0 spiro atoms. The van der Waals surface area contributed by atoms with E-state index in [-0.39, 0.29) is 13.0 Å². The van der Waals surface area contributed by atoms with E-state index in [2.05, 4.69) is 0 Å². The zero-order chi connectivity index (χ0) is 10.6. The molecular weight excluding hydrogens is 188 g/mol. The number of hydrogen-bond donors (Lipinski definition) is 4. The number of ether oxygens (including phenoxy) is 1. The van der Waals surface area contributed by atoms with Crippen molar-refractivity contribution in [1.82, 2.24) is 0 Å². The maximum Gasteiger partial charge on any atom is 0.115 e. The summed E-state index contributed by atoms with van der Waals surface area (Å²) < 4.78 is 5.22. The topological polar surface area (TPSA) is 90.2 Å². The minimum absolute atomic E-state index is 0.242. The van der Waals surface area contributed by atoms with Gasteiger partial charge in [-0.3, -0.25) is 0 Å². The highest BCUT2D eigenvalue weighted by Crippen LogP contribution is 2.49. The molecule has 1 saturated heterocycles. The van der Waals surface area contributed by atoms with E-state index in [1.165, 1.54) is 6.92 Å². The molecule has 1 heterocycles. The molecule has 0 aromatic rings. The van der Waals surface area contributed by atoms with Crippen molar-refractivity contribution >= 4 is 0 Å². The lowest BCUT2D eigenvalue weighted by Gasteiger charge is -2.35. The van der Waals surface area contributed by atoms with Gasteiger partial charge in [0.15, 0.2) is 0 Å². The number of aliphatic hydroxyl groups is 4. The van der Waals surface area contributed by atoms with Gasteiger partial charge >= 0.3 is 0 Å². The molecule has 0 unspecified atom stereocenters. The fourth-order valence-electron chi connectivity index (χ4n) is 2.77. The fraction of sp³-hybridized carbons (Fsp3) is 1.00. The number of aliphatic hydroxyl groups excluding tert-OH is 2. The third-order valence-electron chi connectivity index (χ3n) is 3.67. The normalized spacial score (nSPS) is 57.6. The Morgan fingerprint density at radius 2 is 2.07 bits per heavy atom. The highest BCUT2D eigenvalue weighted by molar-refractivity contribution is 5.17. The molecule has 5 heteroatoms. The fourth-order valence-corrected chi connectivity index (χ4v) is 2.77. The van der Waals surface area contributed by atoms with E-state index in [4.69, 9.17) is 9.84 Å². The van der Waals surface area contributed by atoms with Crippen LogP contribution in [0.1, 0.15) is 13.3 Å². The van der Waals surface area contributed by atoms with Crippen LogP contribution in [-0.4, -0.2) is 57.0 Å². The Balaban J connectivity index is 2.41. The first-order valence-corrected chi connectivity index (χ1v) is 4.80. The van der Waals surface area contributed by atoms with E-state index >= 15 is 0 Å².